The van der Waals surface area contributed by atoms with Gasteiger partial charge >= 0.3 is 0 Å². The van der Waals surface area contributed by atoms with Crippen molar-refractivity contribution in [3.63, 3.8) is 0 Å². The summed E-state index contributed by atoms with van der Waals surface area (Å²) in [5, 5.41) is 2.32. The van der Waals surface area contributed by atoms with Crippen LogP contribution in [0.5, 0.6) is 0 Å². The molecule has 0 radical (unpaired) electrons. The predicted molar refractivity (Wildman–Crippen MR) is 171 cm³/mol. The van der Waals surface area contributed by atoms with Crippen molar-refractivity contribution in [2.24, 2.45) is 0 Å². The third kappa shape index (κ3) is 4.51. The molecule has 43 heavy (non-hydrogen) atoms. The number of rotatable bonds is 5. The van der Waals surface area contributed by atoms with E-state index in [1.807, 2.05) is 73.1 Å². The van der Waals surface area contributed by atoms with Crippen LogP contribution in [0.3, 0.4) is 0 Å². The van der Waals surface area contributed by atoms with Gasteiger partial charge in [-0.05, 0) is 47.5 Å². The number of nitrogens with zero attached hydrogens (tertiary/aromatic N) is 6. The fraction of sp³-hybridized carbons (Fsp3) is 0. The van der Waals surface area contributed by atoms with Crippen molar-refractivity contribution in [2.75, 3.05) is 0 Å². The van der Waals surface area contributed by atoms with E-state index in [1.54, 1.807) is 6.20 Å². The SMILES string of the molecule is c1ccc(-c2ccc3c(c2)c2ccccc2n3-c2ncc(-c3cc(-c4ccccn4)nc(-c4ccccc4)n3)cn2)cc1. The standard InChI is InChI=1S/C37H24N6/c1-3-11-25(12-4-1)27-18-19-35-30(21-27)29-15-7-8-17-34(29)43(35)37-39-23-28(24-40-37)32-22-33(31-16-9-10-20-38-31)42-36(41-32)26-13-5-2-6-14-26/h1-24H. The second kappa shape index (κ2) is 10.4. The van der Waals surface area contributed by atoms with E-state index < -0.39 is 0 Å². The molecule has 0 saturated carbocycles. The maximum Gasteiger partial charge on any atom is 0.234 e. The second-order valence-electron chi connectivity index (χ2n) is 10.3. The summed E-state index contributed by atoms with van der Waals surface area (Å²) in [6.07, 6.45) is 5.44. The zero-order valence-electron chi connectivity index (χ0n) is 23.0. The van der Waals surface area contributed by atoms with Crippen molar-refractivity contribution in [1.29, 1.82) is 0 Å². The highest BCUT2D eigenvalue weighted by molar-refractivity contribution is 6.10. The Balaban J connectivity index is 1.24. The summed E-state index contributed by atoms with van der Waals surface area (Å²) in [7, 11) is 0. The number of hydrogen-bond donors (Lipinski definition) is 0. The molecule has 0 amide bonds. The maximum absolute atomic E-state index is 4.90. The van der Waals surface area contributed by atoms with Gasteiger partial charge < -0.3 is 0 Å². The molecule has 4 aromatic heterocycles. The Kier molecular flexibility index (Phi) is 6.01. The van der Waals surface area contributed by atoms with Crippen molar-refractivity contribution < 1.29 is 0 Å². The van der Waals surface area contributed by atoms with Crippen molar-refractivity contribution in [3.8, 4) is 51.1 Å². The Labute approximate surface area is 248 Å². The van der Waals surface area contributed by atoms with Crippen LogP contribution in [0.2, 0.25) is 0 Å². The van der Waals surface area contributed by atoms with Gasteiger partial charge in [-0.25, -0.2) is 19.9 Å². The number of hydrogen-bond acceptors (Lipinski definition) is 5. The van der Waals surface area contributed by atoms with Gasteiger partial charge in [-0.2, -0.15) is 0 Å². The Morgan fingerprint density at radius 3 is 1.86 bits per heavy atom. The third-order valence-corrected chi connectivity index (χ3v) is 7.60. The Morgan fingerprint density at radius 1 is 0.419 bits per heavy atom. The van der Waals surface area contributed by atoms with Gasteiger partial charge in [-0.3, -0.25) is 9.55 Å². The van der Waals surface area contributed by atoms with E-state index in [9.17, 15) is 0 Å². The molecule has 0 aliphatic rings. The molecular formula is C37H24N6. The maximum atomic E-state index is 4.90. The van der Waals surface area contributed by atoms with Crippen LogP contribution in [0, 0.1) is 0 Å². The van der Waals surface area contributed by atoms with Crippen molar-refractivity contribution in [3.05, 3.63) is 146 Å². The number of aromatic nitrogens is 6. The first-order chi connectivity index (χ1) is 21.3. The molecule has 4 aromatic carbocycles. The first-order valence-corrected chi connectivity index (χ1v) is 14.1. The average Bonchev–Trinajstić information content (AvgIpc) is 3.43. The summed E-state index contributed by atoms with van der Waals surface area (Å²) < 4.78 is 2.12. The summed E-state index contributed by atoms with van der Waals surface area (Å²) in [4.78, 5) is 24.0. The van der Waals surface area contributed by atoms with Crippen LogP contribution < -0.4 is 0 Å². The van der Waals surface area contributed by atoms with E-state index in [0.29, 0.717) is 11.8 Å². The normalized spacial score (nSPS) is 11.3. The minimum absolute atomic E-state index is 0.602. The van der Waals surface area contributed by atoms with Crippen LogP contribution in [0.1, 0.15) is 0 Å². The zero-order chi connectivity index (χ0) is 28.6. The fourth-order valence-corrected chi connectivity index (χ4v) is 5.52. The molecule has 8 aromatic rings. The number of pyridine rings is 1. The molecule has 0 bridgehead atoms. The van der Waals surface area contributed by atoms with Crippen molar-refractivity contribution in [1.82, 2.24) is 29.5 Å². The summed E-state index contributed by atoms with van der Waals surface area (Å²) in [5.74, 6) is 1.23. The predicted octanol–water partition coefficient (Wildman–Crippen LogP) is 8.43. The van der Waals surface area contributed by atoms with E-state index >= 15 is 0 Å². The van der Waals surface area contributed by atoms with E-state index in [2.05, 4.69) is 76.3 Å². The summed E-state index contributed by atoms with van der Waals surface area (Å²) in [5.41, 5.74) is 8.45. The lowest BCUT2D eigenvalue weighted by molar-refractivity contribution is 0.988. The molecule has 0 atom stereocenters. The molecule has 8 rings (SSSR count). The Hall–Kier alpha value is -6.01. The lowest BCUT2D eigenvalue weighted by Gasteiger charge is -2.10. The van der Waals surface area contributed by atoms with Gasteiger partial charge in [0.05, 0.1) is 28.1 Å². The van der Waals surface area contributed by atoms with Gasteiger partial charge in [0.25, 0.3) is 0 Å². The van der Waals surface area contributed by atoms with Gasteiger partial charge in [0.15, 0.2) is 5.82 Å². The minimum Gasteiger partial charge on any atom is -0.278 e. The Morgan fingerprint density at radius 2 is 1.09 bits per heavy atom. The lowest BCUT2D eigenvalue weighted by atomic mass is 10.0. The average molecular weight is 553 g/mol. The van der Waals surface area contributed by atoms with E-state index in [-0.39, 0.29) is 0 Å². The largest absolute Gasteiger partial charge is 0.278 e. The van der Waals surface area contributed by atoms with Crippen molar-refractivity contribution in [2.45, 2.75) is 0 Å². The zero-order valence-corrected chi connectivity index (χ0v) is 23.0. The van der Waals surface area contributed by atoms with Crippen LogP contribution in [0.25, 0.3) is 72.9 Å². The molecule has 0 unspecified atom stereocenters. The first-order valence-electron chi connectivity index (χ1n) is 14.1. The lowest BCUT2D eigenvalue weighted by Crippen LogP contribution is -2.02. The summed E-state index contributed by atoms with van der Waals surface area (Å²) >= 11 is 0. The van der Waals surface area contributed by atoms with Crippen LogP contribution in [0.15, 0.2) is 146 Å². The molecule has 4 heterocycles. The molecule has 6 heteroatoms. The molecule has 0 fully saturated rings. The summed E-state index contributed by atoms with van der Waals surface area (Å²) in [6, 6.07) is 43.1. The number of para-hydroxylation sites is 1. The molecule has 0 N–H and O–H groups in total. The molecule has 0 spiro atoms. The van der Waals surface area contributed by atoms with Gasteiger partial charge in [0, 0.05) is 40.5 Å². The van der Waals surface area contributed by atoms with Gasteiger partial charge in [0.2, 0.25) is 5.95 Å². The monoisotopic (exact) mass is 552 g/mol. The Bertz CT molecular complexity index is 2150. The second-order valence-corrected chi connectivity index (χ2v) is 10.3. The molecule has 6 nitrogen and oxygen atoms in total. The van der Waals surface area contributed by atoms with Crippen LogP contribution in [-0.4, -0.2) is 29.5 Å². The molecule has 202 valence electrons. The van der Waals surface area contributed by atoms with E-state index in [0.717, 1.165) is 50.0 Å². The third-order valence-electron chi connectivity index (χ3n) is 7.60. The number of benzene rings is 4. The number of fused-ring (bicyclic) bond motifs is 3. The van der Waals surface area contributed by atoms with E-state index in [1.165, 1.54) is 11.1 Å². The molecule has 0 saturated heterocycles. The van der Waals surface area contributed by atoms with Crippen LogP contribution in [0.4, 0.5) is 0 Å². The highest BCUT2D eigenvalue weighted by atomic mass is 15.1. The van der Waals surface area contributed by atoms with Gasteiger partial charge in [-0.15, -0.1) is 0 Å². The van der Waals surface area contributed by atoms with Gasteiger partial charge in [0.1, 0.15) is 0 Å². The van der Waals surface area contributed by atoms with Crippen LogP contribution >= 0.6 is 0 Å². The fourth-order valence-electron chi connectivity index (χ4n) is 5.52. The van der Waals surface area contributed by atoms with Crippen LogP contribution in [-0.2, 0) is 0 Å². The van der Waals surface area contributed by atoms with E-state index in [4.69, 9.17) is 19.9 Å². The minimum atomic E-state index is 0.602. The molecule has 0 aliphatic heterocycles. The highest BCUT2D eigenvalue weighted by Crippen LogP contribution is 2.34. The first kappa shape index (κ1) is 24.8. The molecule has 0 aliphatic carbocycles. The van der Waals surface area contributed by atoms with Crippen molar-refractivity contribution >= 4 is 21.8 Å². The smallest absolute Gasteiger partial charge is 0.234 e. The summed E-state index contributed by atoms with van der Waals surface area (Å²) in [6.45, 7) is 0. The highest BCUT2D eigenvalue weighted by Gasteiger charge is 2.16. The quantitative estimate of drug-likeness (QED) is 0.214. The topological polar surface area (TPSA) is 69.4 Å². The molecular weight excluding hydrogens is 528 g/mol. The van der Waals surface area contributed by atoms with Gasteiger partial charge in [-0.1, -0.05) is 91.0 Å².